The van der Waals surface area contributed by atoms with Crippen LogP contribution in [0.15, 0.2) is 42.7 Å². The predicted molar refractivity (Wildman–Crippen MR) is 115 cm³/mol. The predicted octanol–water partition coefficient (Wildman–Crippen LogP) is 2.14. The van der Waals surface area contributed by atoms with Crippen LogP contribution in [0.25, 0.3) is 10.9 Å². The summed E-state index contributed by atoms with van der Waals surface area (Å²) in [5.74, 6) is 0.899. The maximum absolute atomic E-state index is 12.4. The fourth-order valence-electron chi connectivity index (χ4n) is 3.94. The van der Waals surface area contributed by atoms with E-state index in [1.807, 2.05) is 31.2 Å². The van der Waals surface area contributed by atoms with Crippen molar-refractivity contribution in [1.82, 2.24) is 25.2 Å². The van der Waals surface area contributed by atoms with Gasteiger partial charge in [0.2, 0.25) is 11.9 Å². The number of anilines is 1. The molecule has 0 aliphatic carbocycles. The molecule has 3 aromatic rings. The minimum Gasteiger partial charge on any atom is -0.358 e. The van der Waals surface area contributed by atoms with E-state index in [-0.39, 0.29) is 5.91 Å². The first-order valence-corrected chi connectivity index (χ1v) is 10.3. The van der Waals surface area contributed by atoms with E-state index in [0.717, 1.165) is 67.3 Å². The van der Waals surface area contributed by atoms with Crippen LogP contribution in [-0.2, 0) is 11.2 Å². The lowest BCUT2D eigenvalue weighted by Crippen LogP contribution is -2.47. The van der Waals surface area contributed by atoms with Crippen LogP contribution in [0, 0.1) is 6.92 Å². The Kier molecular flexibility index (Phi) is 6.05. The molecule has 4 rings (SSSR count). The molecule has 1 aliphatic rings. The highest BCUT2D eigenvalue weighted by atomic mass is 16.1. The maximum atomic E-state index is 12.4. The molecular formula is C22H28N6O. The van der Waals surface area contributed by atoms with Gasteiger partial charge >= 0.3 is 0 Å². The van der Waals surface area contributed by atoms with Gasteiger partial charge < -0.3 is 15.2 Å². The van der Waals surface area contributed by atoms with Crippen molar-refractivity contribution in [2.75, 3.05) is 44.2 Å². The van der Waals surface area contributed by atoms with Gasteiger partial charge in [-0.25, -0.2) is 9.97 Å². The summed E-state index contributed by atoms with van der Waals surface area (Å²) in [6.45, 7) is 7.62. The van der Waals surface area contributed by atoms with Crippen LogP contribution in [0.1, 0.15) is 17.7 Å². The van der Waals surface area contributed by atoms with Gasteiger partial charge in [0.15, 0.2) is 0 Å². The summed E-state index contributed by atoms with van der Waals surface area (Å²) in [6.07, 6.45) is 4.95. The number of hydrogen-bond donors (Lipinski definition) is 2. The largest absolute Gasteiger partial charge is 0.358 e. The summed E-state index contributed by atoms with van der Waals surface area (Å²) in [5.41, 5.74) is 3.26. The summed E-state index contributed by atoms with van der Waals surface area (Å²) in [4.78, 5) is 29.1. The molecule has 1 fully saturated rings. The van der Waals surface area contributed by atoms with Crippen molar-refractivity contribution in [2.45, 2.75) is 19.8 Å². The number of aromatic nitrogens is 3. The molecule has 7 nitrogen and oxygen atoms in total. The molecule has 0 saturated carbocycles. The first-order valence-electron chi connectivity index (χ1n) is 10.3. The second-order valence-corrected chi connectivity index (χ2v) is 7.53. The Balaban J connectivity index is 1.17. The number of amides is 1. The number of piperazine rings is 1. The third-order valence-electron chi connectivity index (χ3n) is 5.54. The summed E-state index contributed by atoms with van der Waals surface area (Å²) < 4.78 is 0. The minimum atomic E-state index is 0.0869. The van der Waals surface area contributed by atoms with Crippen LogP contribution in [0.2, 0.25) is 0 Å². The average Bonchev–Trinajstić information content (AvgIpc) is 3.07. The number of H-pyrrole nitrogens is 1. The highest BCUT2D eigenvalue weighted by Crippen LogP contribution is 2.22. The Morgan fingerprint density at radius 2 is 1.86 bits per heavy atom. The van der Waals surface area contributed by atoms with Crippen molar-refractivity contribution in [1.29, 1.82) is 0 Å². The Morgan fingerprint density at radius 1 is 1.10 bits per heavy atom. The highest BCUT2D eigenvalue weighted by molar-refractivity contribution is 5.90. The van der Waals surface area contributed by atoms with Crippen molar-refractivity contribution in [3.63, 3.8) is 0 Å². The molecule has 0 atom stereocenters. The number of fused-ring (bicyclic) bond motifs is 1. The molecule has 0 radical (unpaired) electrons. The lowest BCUT2D eigenvalue weighted by Gasteiger charge is -2.34. The number of para-hydroxylation sites is 1. The zero-order valence-corrected chi connectivity index (χ0v) is 16.9. The van der Waals surface area contributed by atoms with Gasteiger partial charge in [0.05, 0.1) is 6.42 Å². The van der Waals surface area contributed by atoms with Gasteiger partial charge in [0.25, 0.3) is 0 Å². The van der Waals surface area contributed by atoms with E-state index < -0.39 is 0 Å². The molecular weight excluding hydrogens is 364 g/mol. The molecule has 2 aromatic heterocycles. The average molecular weight is 393 g/mol. The van der Waals surface area contributed by atoms with Crippen molar-refractivity contribution in [3.8, 4) is 0 Å². The number of nitrogens with one attached hydrogen (secondary N) is 2. The number of benzene rings is 1. The molecule has 152 valence electrons. The molecule has 2 N–H and O–H groups in total. The molecule has 1 amide bonds. The van der Waals surface area contributed by atoms with Crippen LogP contribution in [0.4, 0.5) is 5.95 Å². The third-order valence-corrected chi connectivity index (χ3v) is 5.54. The van der Waals surface area contributed by atoms with Crippen molar-refractivity contribution in [2.24, 2.45) is 0 Å². The summed E-state index contributed by atoms with van der Waals surface area (Å²) in [7, 11) is 0. The van der Waals surface area contributed by atoms with E-state index in [0.29, 0.717) is 13.0 Å². The highest BCUT2D eigenvalue weighted by Gasteiger charge is 2.18. The lowest BCUT2D eigenvalue weighted by molar-refractivity contribution is -0.120. The normalized spacial score (nSPS) is 15.0. The fourth-order valence-corrected chi connectivity index (χ4v) is 3.94. The van der Waals surface area contributed by atoms with Gasteiger partial charge in [-0.05, 0) is 37.6 Å². The van der Waals surface area contributed by atoms with Gasteiger partial charge in [-0.2, -0.15) is 0 Å². The van der Waals surface area contributed by atoms with Crippen LogP contribution < -0.4 is 10.2 Å². The maximum Gasteiger partial charge on any atom is 0.225 e. The van der Waals surface area contributed by atoms with Crippen molar-refractivity contribution < 1.29 is 4.79 Å². The number of aromatic amines is 1. The summed E-state index contributed by atoms with van der Waals surface area (Å²) >= 11 is 0. The molecule has 0 bridgehead atoms. The first kappa shape index (κ1) is 19.4. The number of aryl methyl sites for hydroxylation is 1. The smallest absolute Gasteiger partial charge is 0.225 e. The topological polar surface area (TPSA) is 77.2 Å². The monoisotopic (exact) mass is 392 g/mol. The van der Waals surface area contributed by atoms with E-state index in [1.54, 1.807) is 12.4 Å². The summed E-state index contributed by atoms with van der Waals surface area (Å²) in [5, 5.41) is 4.22. The Morgan fingerprint density at radius 3 is 2.66 bits per heavy atom. The van der Waals surface area contributed by atoms with Crippen LogP contribution in [0.3, 0.4) is 0 Å². The van der Waals surface area contributed by atoms with Gasteiger partial charge in [0.1, 0.15) is 0 Å². The van der Waals surface area contributed by atoms with Gasteiger partial charge in [-0.1, -0.05) is 18.2 Å². The van der Waals surface area contributed by atoms with Crippen LogP contribution >= 0.6 is 0 Å². The molecule has 7 heteroatoms. The molecule has 1 aromatic carbocycles. The lowest BCUT2D eigenvalue weighted by atomic mass is 10.1. The van der Waals surface area contributed by atoms with E-state index >= 15 is 0 Å². The van der Waals surface area contributed by atoms with Crippen LogP contribution in [-0.4, -0.2) is 65.0 Å². The van der Waals surface area contributed by atoms with Gasteiger partial charge in [-0.3, -0.25) is 9.69 Å². The Labute approximate surface area is 171 Å². The molecule has 1 saturated heterocycles. The van der Waals surface area contributed by atoms with E-state index in [1.165, 1.54) is 0 Å². The zero-order valence-electron chi connectivity index (χ0n) is 16.9. The summed E-state index contributed by atoms with van der Waals surface area (Å²) in [6, 6.07) is 9.98. The first-order chi connectivity index (χ1) is 14.2. The number of hydrogen-bond acceptors (Lipinski definition) is 5. The Bertz CT molecular complexity index is 946. The minimum absolute atomic E-state index is 0.0869. The second-order valence-electron chi connectivity index (χ2n) is 7.53. The molecule has 0 spiro atoms. The van der Waals surface area contributed by atoms with Crippen LogP contribution in [0.5, 0.6) is 0 Å². The number of carbonyl (C=O) groups is 1. The molecule has 3 heterocycles. The van der Waals surface area contributed by atoms with Crippen molar-refractivity contribution in [3.05, 3.63) is 54.0 Å². The van der Waals surface area contributed by atoms with Gasteiger partial charge in [-0.15, -0.1) is 0 Å². The van der Waals surface area contributed by atoms with Gasteiger partial charge in [0, 0.05) is 61.7 Å². The SMILES string of the molecule is Cc1[nH]c2ccccc2c1CC(=O)NCCCN1CCN(c2ncccn2)CC1. The van der Waals surface area contributed by atoms with E-state index in [2.05, 4.69) is 36.1 Å². The Hall–Kier alpha value is -2.93. The standard InChI is InChI=1S/C22H28N6O/c1-17-19(18-6-2-3-7-20(18)26-17)16-21(29)23-10-5-11-27-12-14-28(15-13-27)22-24-8-4-9-25-22/h2-4,6-9,26H,5,10-16H2,1H3,(H,23,29). The number of rotatable bonds is 7. The quantitative estimate of drug-likeness (QED) is 0.603. The van der Waals surface area contributed by atoms with Crippen molar-refractivity contribution >= 4 is 22.8 Å². The second kappa shape index (κ2) is 9.05. The fraction of sp³-hybridized carbons (Fsp3) is 0.409. The molecule has 29 heavy (non-hydrogen) atoms. The van der Waals surface area contributed by atoms with E-state index in [9.17, 15) is 4.79 Å². The number of carbonyl (C=O) groups excluding carboxylic acids is 1. The van der Waals surface area contributed by atoms with E-state index in [4.69, 9.17) is 0 Å². The third kappa shape index (κ3) is 4.74. The number of nitrogens with zero attached hydrogens (tertiary/aromatic N) is 4. The zero-order chi connectivity index (χ0) is 20.1. The molecule has 0 unspecified atom stereocenters. The molecule has 1 aliphatic heterocycles.